The van der Waals surface area contributed by atoms with E-state index in [0.29, 0.717) is 13.1 Å². The number of aromatic nitrogens is 3. The fraction of sp³-hybridized carbons (Fsp3) is 0.438. The van der Waals surface area contributed by atoms with Crippen LogP contribution in [0.4, 0.5) is 0 Å². The molecule has 0 fully saturated rings. The van der Waals surface area contributed by atoms with Crippen molar-refractivity contribution in [2.75, 3.05) is 6.54 Å². The highest BCUT2D eigenvalue weighted by atomic mass is 15.3. The van der Waals surface area contributed by atoms with Gasteiger partial charge in [-0.1, -0.05) is 29.8 Å². The molecule has 0 aliphatic carbocycles. The van der Waals surface area contributed by atoms with Crippen molar-refractivity contribution in [3.63, 3.8) is 0 Å². The number of benzene rings is 1. The van der Waals surface area contributed by atoms with Crippen LogP contribution in [0.3, 0.4) is 0 Å². The Kier molecular flexibility index (Phi) is 5.94. The first kappa shape index (κ1) is 16.0. The summed E-state index contributed by atoms with van der Waals surface area (Å²) in [7, 11) is 0. The van der Waals surface area contributed by atoms with Gasteiger partial charge >= 0.3 is 0 Å². The first-order valence-electron chi connectivity index (χ1n) is 7.67. The van der Waals surface area contributed by atoms with E-state index >= 15 is 0 Å². The van der Waals surface area contributed by atoms with Gasteiger partial charge in [-0.25, -0.2) is 4.99 Å². The SMILES string of the molecule is CCNC(=NCc1ccc(C)cc1)NCc1nncn1CC. The number of rotatable bonds is 6. The Bertz CT molecular complexity index is 599. The summed E-state index contributed by atoms with van der Waals surface area (Å²) in [6, 6.07) is 8.43. The molecule has 1 aromatic carbocycles. The lowest BCUT2D eigenvalue weighted by molar-refractivity contribution is 0.670. The van der Waals surface area contributed by atoms with E-state index in [9.17, 15) is 0 Å². The zero-order valence-corrected chi connectivity index (χ0v) is 13.5. The minimum atomic E-state index is 0.605. The van der Waals surface area contributed by atoms with Crippen molar-refractivity contribution in [3.05, 3.63) is 47.5 Å². The van der Waals surface area contributed by atoms with Crippen LogP contribution in [0, 0.1) is 6.92 Å². The van der Waals surface area contributed by atoms with Crippen molar-refractivity contribution < 1.29 is 0 Å². The molecule has 0 spiro atoms. The molecule has 6 heteroatoms. The van der Waals surface area contributed by atoms with Gasteiger partial charge in [0.05, 0.1) is 13.1 Å². The van der Waals surface area contributed by atoms with E-state index in [-0.39, 0.29) is 0 Å². The van der Waals surface area contributed by atoms with E-state index < -0.39 is 0 Å². The van der Waals surface area contributed by atoms with Crippen LogP contribution in [0.2, 0.25) is 0 Å². The molecule has 0 amide bonds. The summed E-state index contributed by atoms with van der Waals surface area (Å²) < 4.78 is 2.01. The number of nitrogens with one attached hydrogen (secondary N) is 2. The smallest absolute Gasteiger partial charge is 0.191 e. The van der Waals surface area contributed by atoms with Crippen LogP contribution in [-0.4, -0.2) is 27.3 Å². The third-order valence-corrected chi connectivity index (χ3v) is 3.33. The molecular formula is C16H24N6. The van der Waals surface area contributed by atoms with Gasteiger partial charge in [-0.15, -0.1) is 10.2 Å². The van der Waals surface area contributed by atoms with Crippen LogP contribution in [0.5, 0.6) is 0 Å². The molecule has 0 radical (unpaired) electrons. The molecule has 0 bridgehead atoms. The van der Waals surface area contributed by atoms with Crippen molar-refractivity contribution in [1.29, 1.82) is 0 Å². The van der Waals surface area contributed by atoms with Gasteiger partial charge in [-0.05, 0) is 26.3 Å². The molecule has 2 aromatic rings. The van der Waals surface area contributed by atoms with Gasteiger partial charge in [0.1, 0.15) is 6.33 Å². The van der Waals surface area contributed by atoms with E-state index in [1.54, 1.807) is 6.33 Å². The Labute approximate surface area is 131 Å². The summed E-state index contributed by atoms with van der Waals surface area (Å²) in [5.41, 5.74) is 2.45. The summed E-state index contributed by atoms with van der Waals surface area (Å²) in [5, 5.41) is 14.6. The number of aliphatic imine (C=N–C) groups is 1. The van der Waals surface area contributed by atoms with E-state index in [2.05, 4.69) is 70.9 Å². The van der Waals surface area contributed by atoms with Crippen molar-refractivity contribution in [2.45, 2.75) is 40.4 Å². The maximum atomic E-state index is 4.61. The van der Waals surface area contributed by atoms with Gasteiger partial charge in [0.25, 0.3) is 0 Å². The summed E-state index contributed by atoms with van der Waals surface area (Å²) in [6.45, 7) is 9.15. The highest BCUT2D eigenvalue weighted by Crippen LogP contribution is 2.04. The Morgan fingerprint density at radius 2 is 1.95 bits per heavy atom. The quantitative estimate of drug-likeness (QED) is 0.631. The molecule has 1 heterocycles. The summed E-state index contributed by atoms with van der Waals surface area (Å²) >= 11 is 0. The number of hydrogen-bond donors (Lipinski definition) is 2. The lowest BCUT2D eigenvalue weighted by Gasteiger charge is -2.11. The van der Waals surface area contributed by atoms with Crippen molar-refractivity contribution in [2.24, 2.45) is 4.99 Å². The second kappa shape index (κ2) is 8.17. The Balaban J connectivity index is 1.96. The number of guanidine groups is 1. The first-order valence-corrected chi connectivity index (χ1v) is 7.67. The molecule has 0 saturated heterocycles. The zero-order valence-electron chi connectivity index (χ0n) is 13.5. The van der Waals surface area contributed by atoms with Gasteiger partial charge < -0.3 is 15.2 Å². The third-order valence-electron chi connectivity index (χ3n) is 3.33. The van der Waals surface area contributed by atoms with Gasteiger partial charge in [-0.2, -0.15) is 0 Å². The standard InChI is InChI=1S/C16H24N6/c1-4-17-16(18-10-14-8-6-13(3)7-9-14)19-11-15-21-20-12-22(15)5-2/h6-9,12H,4-5,10-11H2,1-3H3,(H2,17,18,19). The molecular weight excluding hydrogens is 276 g/mol. The Hall–Kier alpha value is -2.37. The normalized spacial score (nSPS) is 11.5. The van der Waals surface area contributed by atoms with Crippen molar-refractivity contribution in [1.82, 2.24) is 25.4 Å². The lowest BCUT2D eigenvalue weighted by atomic mass is 10.1. The monoisotopic (exact) mass is 300 g/mol. The van der Waals surface area contributed by atoms with Crippen LogP contribution in [0.15, 0.2) is 35.6 Å². The molecule has 1 aromatic heterocycles. The fourth-order valence-electron chi connectivity index (χ4n) is 2.05. The van der Waals surface area contributed by atoms with Crippen LogP contribution < -0.4 is 10.6 Å². The van der Waals surface area contributed by atoms with Gasteiger partial charge in [-0.3, -0.25) is 0 Å². The zero-order chi connectivity index (χ0) is 15.8. The van der Waals surface area contributed by atoms with Crippen molar-refractivity contribution >= 4 is 5.96 Å². The maximum absolute atomic E-state index is 4.61. The molecule has 2 rings (SSSR count). The average molecular weight is 300 g/mol. The highest BCUT2D eigenvalue weighted by molar-refractivity contribution is 5.79. The van der Waals surface area contributed by atoms with Gasteiger partial charge in [0.2, 0.25) is 0 Å². The lowest BCUT2D eigenvalue weighted by Crippen LogP contribution is -2.37. The highest BCUT2D eigenvalue weighted by Gasteiger charge is 2.04. The average Bonchev–Trinajstić information content (AvgIpc) is 2.99. The number of aryl methyl sites for hydroxylation is 2. The molecule has 22 heavy (non-hydrogen) atoms. The molecule has 2 N–H and O–H groups in total. The maximum Gasteiger partial charge on any atom is 0.191 e. The predicted molar refractivity (Wildman–Crippen MR) is 88.5 cm³/mol. The van der Waals surface area contributed by atoms with Gasteiger partial charge in [0, 0.05) is 13.1 Å². The van der Waals surface area contributed by atoms with Crippen molar-refractivity contribution in [3.8, 4) is 0 Å². The fourth-order valence-corrected chi connectivity index (χ4v) is 2.05. The van der Waals surface area contributed by atoms with Crippen LogP contribution in [0.1, 0.15) is 30.8 Å². The Morgan fingerprint density at radius 1 is 1.18 bits per heavy atom. The Morgan fingerprint density at radius 3 is 2.64 bits per heavy atom. The van der Waals surface area contributed by atoms with E-state index in [4.69, 9.17) is 0 Å². The first-order chi connectivity index (χ1) is 10.7. The molecule has 0 saturated carbocycles. The molecule has 6 nitrogen and oxygen atoms in total. The molecule has 118 valence electrons. The molecule has 0 atom stereocenters. The van der Waals surface area contributed by atoms with Crippen LogP contribution in [0.25, 0.3) is 0 Å². The van der Waals surface area contributed by atoms with E-state index in [0.717, 1.165) is 24.9 Å². The molecule has 0 unspecified atom stereocenters. The van der Waals surface area contributed by atoms with Crippen LogP contribution >= 0.6 is 0 Å². The topological polar surface area (TPSA) is 67.1 Å². The summed E-state index contributed by atoms with van der Waals surface area (Å²) in [5.74, 6) is 1.69. The predicted octanol–water partition coefficient (Wildman–Crippen LogP) is 1.86. The minimum Gasteiger partial charge on any atom is -0.357 e. The van der Waals surface area contributed by atoms with E-state index in [1.807, 2.05) is 4.57 Å². The molecule has 0 aliphatic heterocycles. The minimum absolute atomic E-state index is 0.605. The van der Waals surface area contributed by atoms with Crippen LogP contribution in [-0.2, 0) is 19.6 Å². The van der Waals surface area contributed by atoms with Gasteiger partial charge in [0.15, 0.2) is 11.8 Å². The second-order valence-electron chi connectivity index (χ2n) is 5.07. The summed E-state index contributed by atoms with van der Waals surface area (Å²) in [4.78, 5) is 4.61. The summed E-state index contributed by atoms with van der Waals surface area (Å²) in [6.07, 6.45) is 1.74. The number of nitrogens with zero attached hydrogens (tertiary/aromatic N) is 4. The third kappa shape index (κ3) is 4.58. The van der Waals surface area contributed by atoms with E-state index in [1.165, 1.54) is 11.1 Å². The second-order valence-corrected chi connectivity index (χ2v) is 5.07. The molecule has 0 aliphatic rings. The largest absolute Gasteiger partial charge is 0.357 e. The number of hydrogen-bond acceptors (Lipinski definition) is 3.